The molecule has 1 aliphatic heterocycles. The first kappa shape index (κ1) is 35.2. The number of hydrogen-bond donors (Lipinski definition) is 0. The molecule has 3 heterocycles. The number of hydrogen-bond acceptors (Lipinski definition) is 3. The normalized spacial score (nSPS) is 13.1. The van der Waals surface area contributed by atoms with E-state index >= 15 is 0 Å². The van der Waals surface area contributed by atoms with E-state index in [0.717, 1.165) is 49.4 Å². The molecule has 64 heavy (non-hydrogen) atoms. The predicted molar refractivity (Wildman–Crippen MR) is 262 cm³/mol. The van der Waals surface area contributed by atoms with Crippen LogP contribution in [0.15, 0.2) is 218 Å². The summed E-state index contributed by atoms with van der Waals surface area (Å²) in [6, 6.07) is 79.2. The number of aromatic nitrogens is 4. The summed E-state index contributed by atoms with van der Waals surface area (Å²) in [7, 11) is 0. The van der Waals surface area contributed by atoms with Crippen molar-refractivity contribution < 1.29 is 0 Å². The minimum absolute atomic E-state index is 0.475. The zero-order valence-corrected chi connectivity index (χ0v) is 34.6. The number of benzene rings is 10. The molecule has 0 saturated carbocycles. The van der Waals surface area contributed by atoms with Gasteiger partial charge in [0, 0.05) is 27.5 Å². The summed E-state index contributed by atoms with van der Waals surface area (Å²) in [5, 5.41) is 7.04. The molecule has 0 saturated heterocycles. The van der Waals surface area contributed by atoms with Gasteiger partial charge in [-0.05, 0) is 78.2 Å². The molecule has 4 nitrogen and oxygen atoms in total. The summed E-state index contributed by atoms with van der Waals surface area (Å²) < 4.78 is 2.52. The Morgan fingerprint density at radius 2 is 0.781 bits per heavy atom. The molecule has 1 spiro atoms. The fourth-order valence-electron chi connectivity index (χ4n) is 11.1. The van der Waals surface area contributed by atoms with Crippen molar-refractivity contribution in [3.63, 3.8) is 0 Å². The van der Waals surface area contributed by atoms with E-state index in [-0.39, 0.29) is 0 Å². The van der Waals surface area contributed by atoms with Crippen LogP contribution in [0.5, 0.6) is 0 Å². The smallest absolute Gasteiger partial charge is 0.164 e. The van der Waals surface area contributed by atoms with E-state index in [4.69, 9.17) is 15.0 Å². The summed E-state index contributed by atoms with van der Waals surface area (Å²) in [4.78, 5) is 15.6. The van der Waals surface area contributed by atoms with Gasteiger partial charge < -0.3 is 4.57 Å². The van der Waals surface area contributed by atoms with E-state index in [0.29, 0.717) is 17.5 Å². The Balaban J connectivity index is 0.957. The van der Waals surface area contributed by atoms with E-state index in [9.17, 15) is 0 Å². The quantitative estimate of drug-likeness (QED) is 0.178. The fourth-order valence-corrected chi connectivity index (χ4v) is 11.1. The molecule has 0 radical (unpaired) electrons. The average Bonchev–Trinajstić information content (AvgIpc) is 3.86. The van der Waals surface area contributed by atoms with Crippen LogP contribution in [0.1, 0.15) is 22.3 Å². The third kappa shape index (κ3) is 4.79. The maximum Gasteiger partial charge on any atom is 0.164 e. The highest BCUT2D eigenvalue weighted by molar-refractivity contribution is 6.13. The molecule has 0 N–H and O–H groups in total. The molecule has 2 aromatic heterocycles. The van der Waals surface area contributed by atoms with Gasteiger partial charge in [-0.25, -0.2) is 15.0 Å². The molecule has 0 amide bonds. The molecule has 10 aromatic carbocycles. The Morgan fingerprint density at radius 3 is 1.45 bits per heavy atom. The Morgan fingerprint density at radius 1 is 0.312 bits per heavy atom. The lowest BCUT2D eigenvalue weighted by Crippen LogP contribution is -2.33. The number of rotatable bonds is 4. The lowest BCUT2D eigenvalue weighted by Gasteiger charge is -2.39. The minimum atomic E-state index is -0.475. The highest BCUT2D eigenvalue weighted by atomic mass is 15.0. The molecular weight excluding hydrogens is 777 g/mol. The Bertz CT molecular complexity index is 3760. The number of nitrogens with zero attached hydrogens (tertiary/aromatic N) is 4. The molecule has 2 aliphatic rings. The van der Waals surface area contributed by atoms with E-state index in [1.807, 2.05) is 0 Å². The molecule has 0 unspecified atom stereocenters. The summed E-state index contributed by atoms with van der Waals surface area (Å²) in [5.41, 5.74) is 16.3. The van der Waals surface area contributed by atoms with Crippen molar-refractivity contribution in [2.45, 2.75) is 5.41 Å². The van der Waals surface area contributed by atoms with Crippen molar-refractivity contribution in [1.82, 2.24) is 19.5 Å². The van der Waals surface area contributed by atoms with Crippen LogP contribution in [-0.2, 0) is 5.41 Å². The van der Waals surface area contributed by atoms with Gasteiger partial charge in [0.2, 0.25) is 0 Å². The van der Waals surface area contributed by atoms with Crippen LogP contribution in [0.4, 0.5) is 0 Å². The second kappa shape index (κ2) is 13.3. The number of fused-ring (bicyclic) bond motifs is 14. The second-order valence-electron chi connectivity index (χ2n) is 17.1. The van der Waals surface area contributed by atoms with Crippen molar-refractivity contribution in [3.8, 4) is 62.1 Å². The molecule has 0 bridgehead atoms. The van der Waals surface area contributed by atoms with Crippen molar-refractivity contribution in [2.24, 2.45) is 0 Å². The van der Waals surface area contributed by atoms with E-state index in [1.165, 1.54) is 60.9 Å². The SMILES string of the molecule is c1ccc2c(c1)-c1ccccc1C21c2ccc(-c3ccc(-c4nc(-c5cccc6ccccc56)nc(-c5cccc6ccccc56)n4)cc3)cc2-n2c3ccccc3c3cccc1c32. The highest BCUT2D eigenvalue weighted by Gasteiger charge is 2.50. The first-order valence-electron chi connectivity index (χ1n) is 21.9. The summed E-state index contributed by atoms with van der Waals surface area (Å²) in [5.74, 6) is 1.94. The van der Waals surface area contributed by atoms with Gasteiger partial charge >= 0.3 is 0 Å². The Kier molecular flexibility index (Phi) is 7.29. The third-order valence-corrected chi connectivity index (χ3v) is 13.9. The predicted octanol–water partition coefficient (Wildman–Crippen LogP) is 14.6. The van der Waals surface area contributed by atoms with Gasteiger partial charge in [0.25, 0.3) is 0 Å². The van der Waals surface area contributed by atoms with Crippen LogP contribution in [0.25, 0.3) is 105 Å². The maximum absolute atomic E-state index is 5.21. The minimum Gasteiger partial charge on any atom is -0.309 e. The summed E-state index contributed by atoms with van der Waals surface area (Å²) in [6.45, 7) is 0. The monoisotopic (exact) mass is 812 g/mol. The molecule has 1 aliphatic carbocycles. The van der Waals surface area contributed by atoms with Gasteiger partial charge in [-0.1, -0.05) is 206 Å². The molecule has 4 heteroatoms. The van der Waals surface area contributed by atoms with Crippen LogP contribution in [0.3, 0.4) is 0 Å². The zero-order chi connectivity index (χ0) is 41.9. The molecule has 296 valence electrons. The second-order valence-corrected chi connectivity index (χ2v) is 17.1. The molecule has 0 fully saturated rings. The standard InChI is InChI=1S/C60H36N4/c1-3-18-42-38(14-1)16-11-24-48(42)58-61-57(62-59(63-58)49-25-12-17-39-15-2-4-19-43(39)49)40-32-30-37(31-33-40)41-34-35-52-55(36-41)64-54-29-10-7-22-46(54)47-23-13-28-53(56(47)64)60(52)50-26-8-5-20-44(50)45-21-6-9-27-51(45)60/h1-36H. The fraction of sp³-hybridized carbons (Fsp3) is 0.0167. The maximum atomic E-state index is 5.21. The first-order chi connectivity index (χ1) is 31.7. The van der Waals surface area contributed by atoms with Gasteiger partial charge in [0.1, 0.15) is 0 Å². The Hall–Kier alpha value is -8.47. The molecule has 14 rings (SSSR count). The van der Waals surface area contributed by atoms with Crippen LogP contribution in [-0.4, -0.2) is 19.5 Å². The first-order valence-corrected chi connectivity index (χ1v) is 21.9. The van der Waals surface area contributed by atoms with Gasteiger partial charge in [-0.3, -0.25) is 0 Å². The third-order valence-electron chi connectivity index (χ3n) is 13.9. The van der Waals surface area contributed by atoms with Gasteiger partial charge in [-0.2, -0.15) is 0 Å². The van der Waals surface area contributed by atoms with Gasteiger partial charge in [0.15, 0.2) is 17.5 Å². The van der Waals surface area contributed by atoms with Gasteiger partial charge in [-0.15, -0.1) is 0 Å². The summed E-state index contributed by atoms with van der Waals surface area (Å²) >= 11 is 0. The van der Waals surface area contributed by atoms with Crippen LogP contribution in [0, 0.1) is 0 Å². The van der Waals surface area contributed by atoms with E-state index in [2.05, 4.69) is 223 Å². The average molecular weight is 813 g/mol. The van der Waals surface area contributed by atoms with E-state index < -0.39 is 5.41 Å². The van der Waals surface area contributed by atoms with Crippen molar-refractivity contribution in [1.29, 1.82) is 0 Å². The molecule has 0 atom stereocenters. The van der Waals surface area contributed by atoms with E-state index in [1.54, 1.807) is 0 Å². The van der Waals surface area contributed by atoms with Crippen molar-refractivity contribution in [3.05, 3.63) is 241 Å². The topological polar surface area (TPSA) is 43.6 Å². The van der Waals surface area contributed by atoms with Crippen molar-refractivity contribution >= 4 is 43.4 Å². The van der Waals surface area contributed by atoms with Crippen LogP contribution < -0.4 is 0 Å². The zero-order valence-electron chi connectivity index (χ0n) is 34.6. The van der Waals surface area contributed by atoms with Gasteiger partial charge in [0.05, 0.1) is 22.1 Å². The molecule has 12 aromatic rings. The largest absolute Gasteiger partial charge is 0.309 e. The highest BCUT2D eigenvalue weighted by Crippen LogP contribution is 2.61. The number of para-hydroxylation sites is 2. The van der Waals surface area contributed by atoms with Crippen LogP contribution >= 0.6 is 0 Å². The van der Waals surface area contributed by atoms with Crippen molar-refractivity contribution in [2.75, 3.05) is 0 Å². The lowest BCUT2D eigenvalue weighted by molar-refractivity contribution is 0.748. The lowest BCUT2D eigenvalue weighted by atomic mass is 9.65. The van der Waals surface area contributed by atoms with Crippen LogP contribution in [0.2, 0.25) is 0 Å². The molecular formula is C60H36N4. The Labute approximate surface area is 369 Å². The summed E-state index contributed by atoms with van der Waals surface area (Å²) in [6.07, 6.45) is 0.